The van der Waals surface area contributed by atoms with Crippen molar-refractivity contribution in [2.45, 2.75) is 32.6 Å². The molecule has 0 saturated carbocycles. The van der Waals surface area contributed by atoms with Crippen molar-refractivity contribution in [3.8, 4) is 0 Å². The van der Waals surface area contributed by atoms with E-state index in [1.54, 1.807) is 30.3 Å². The normalized spacial score (nSPS) is 15.0. The van der Waals surface area contributed by atoms with Gasteiger partial charge in [0.1, 0.15) is 0 Å². The lowest BCUT2D eigenvalue weighted by molar-refractivity contribution is -0.120. The van der Waals surface area contributed by atoms with E-state index in [9.17, 15) is 9.59 Å². The maximum atomic E-state index is 12.5. The highest BCUT2D eigenvalue weighted by Gasteiger charge is 2.27. The summed E-state index contributed by atoms with van der Waals surface area (Å²) in [5.74, 6) is -0.0216. The van der Waals surface area contributed by atoms with Gasteiger partial charge in [-0.3, -0.25) is 9.59 Å². The van der Waals surface area contributed by atoms with Crippen LogP contribution in [0.2, 0.25) is 5.02 Å². The molecule has 2 aromatic heterocycles. The van der Waals surface area contributed by atoms with Gasteiger partial charge in [-0.15, -0.1) is 5.10 Å². The Morgan fingerprint density at radius 1 is 1.28 bits per heavy atom. The largest absolute Gasteiger partial charge is 0.347 e. The number of benzene rings is 1. The smallest absolute Gasteiger partial charge is 0.275 e. The number of aromatic nitrogens is 3. The first-order valence-corrected chi connectivity index (χ1v) is 10.9. The van der Waals surface area contributed by atoms with E-state index >= 15 is 0 Å². The van der Waals surface area contributed by atoms with Crippen LogP contribution < -0.4 is 15.8 Å². The summed E-state index contributed by atoms with van der Waals surface area (Å²) in [5.41, 5.74) is 1.42. The zero-order chi connectivity index (χ0) is 20.4. The van der Waals surface area contributed by atoms with Crippen LogP contribution in [0.25, 0.3) is 4.96 Å². The van der Waals surface area contributed by atoms with E-state index in [0.29, 0.717) is 9.98 Å². The predicted molar refractivity (Wildman–Crippen MR) is 116 cm³/mol. The molecular formula is C20H22ClN5O2S. The number of carbonyl (C=O) groups excluding carboxylic acids is 1. The standard InChI is InChI=1S/C20H22ClN5O2S/c1-2-3-16-12-17(27)26-19(23-16)29-20(24-26)25-10-8-13(9-11-25)18(28)22-15-6-4-14(21)5-7-15/h4-7,12-13H,2-3,8-11H2,1H3,(H,22,28). The molecule has 9 heteroatoms. The Kier molecular flexibility index (Phi) is 5.82. The Labute approximate surface area is 177 Å². The summed E-state index contributed by atoms with van der Waals surface area (Å²) in [4.78, 5) is 32.2. The van der Waals surface area contributed by atoms with Crippen molar-refractivity contribution in [3.63, 3.8) is 0 Å². The summed E-state index contributed by atoms with van der Waals surface area (Å²) in [6, 6.07) is 8.68. The number of halogens is 1. The van der Waals surface area contributed by atoms with E-state index in [2.05, 4.69) is 27.2 Å². The molecule has 1 fully saturated rings. The minimum absolute atomic E-state index is 0.0263. The SMILES string of the molecule is CCCc1cc(=O)n2nc(N3CCC(C(=O)Nc4ccc(Cl)cc4)CC3)sc2n1. The average Bonchev–Trinajstić information content (AvgIpc) is 3.15. The lowest BCUT2D eigenvalue weighted by atomic mass is 9.96. The van der Waals surface area contributed by atoms with Crippen LogP contribution in [-0.2, 0) is 11.2 Å². The monoisotopic (exact) mass is 431 g/mol. The average molecular weight is 432 g/mol. The molecule has 0 aliphatic carbocycles. The first-order chi connectivity index (χ1) is 14.0. The first kappa shape index (κ1) is 19.8. The van der Waals surface area contributed by atoms with Crippen LogP contribution in [-0.4, -0.2) is 33.6 Å². The van der Waals surface area contributed by atoms with Gasteiger partial charge in [-0.05, 0) is 43.5 Å². The number of amides is 1. The van der Waals surface area contributed by atoms with E-state index in [1.807, 2.05) is 0 Å². The van der Waals surface area contributed by atoms with Gasteiger partial charge in [0.2, 0.25) is 16.0 Å². The fourth-order valence-electron chi connectivity index (χ4n) is 3.47. The second kappa shape index (κ2) is 8.51. The Hall–Kier alpha value is -2.45. The molecule has 1 saturated heterocycles. The molecule has 1 aromatic carbocycles. The van der Waals surface area contributed by atoms with E-state index < -0.39 is 0 Å². The molecular weight excluding hydrogens is 410 g/mol. The van der Waals surface area contributed by atoms with Crippen molar-refractivity contribution in [3.05, 3.63) is 51.4 Å². The molecule has 1 aliphatic heterocycles. The second-order valence-corrected chi connectivity index (χ2v) is 8.54. The van der Waals surface area contributed by atoms with Crippen molar-refractivity contribution >= 4 is 44.6 Å². The predicted octanol–water partition coefficient (Wildman–Crippen LogP) is 3.61. The number of hydrogen-bond donors (Lipinski definition) is 1. The number of aryl methyl sites for hydroxylation is 1. The van der Waals surface area contributed by atoms with Crippen LogP contribution in [0.3, 0.4) is 0 Å². The zero-order valence-electron chi connectivity index (χ0n) is 16.1. The second-order valence-electron chi connectivity index (χ2n) is 7.17. The quantitative estimate of drug-likeness (QED) is 0.667. The number of rotatable bonds is 5. The molecule has 0 spiro atoms. The lowest BCUT2D eigenvalue weighted by Gasteiger charge is -2.30. The zero-order valence-corrected chi connectivity index (χ0v) is 17.7. The van der Waals surface area contributed by atoms with Gasteiger partial charge in [0.15, 0.2) is 0 Å². The Bertz CT molecular complexity index is 1070. The van der Waals surface area contributed by atoms with Gasteiger partial charge in [0, 0.05) is 41.5 Å². The number of fused-ring (bicyclic) bond motifs is 1. The summed E-state index contributed by atoms with van der Waals surface area (Å²) >= 11 is 7.31. The van der Waals surface area contributed by atoms with E-state index in [4.69, 9.17) is 11.6 Å². The van der Waals surface area contributed by atoms with Crippen molar-refractivity contribution in [1.29, 1.82) is 0 Å². The number of carbonyl (C=O) groups is 1. The van der Waals surface area contributed by atoms with Crippen LogP contribution in [0.4, 0.5) is 10.8 Å². The molecule has 29 heavy (non-hydrogen) atoms. The van der Waals surface area contributed by atoms with Crippen molar-refractivity contribution in [2.24, 2.45) is 5.92 Å². The summed E-state index contributed by atoms with van der Waals surface area (Å²) in [7, 11) is 0. The van der Waals surface area contributed by atoms with E-state index in [0.717, 1.165) is 55.3 Å². The highest BCUT2D eigenvalue weighted by atomic mass is 35.5. The van der Waals surface area contributed by atoms with Gasteiger partial charge >= 0.3 is 0 Å². The molecule has 1 N–H and O–H groups in total. The molecule has 152 valence electrons. The molecule has 3 aromatic rings. The maximum Gasteiger partial charge on any atom is 0.275 e. The molecule has 1 aliphatic rings. The molecule has 0 radical (unpaired) electrons. The topological polar surface area (TPSA) is 79.6 Å². The summed E-state index contributed by atoms with van der Waals surface area (Å²) in [6.07, 6.45) is 3.20. The minimum atomic E-state index is -0.141. The van der Waals surface area contributed by atoms with Gasteiger partial charge < -0.3 is 10.2 Å². The first-order valence-electron chi connectivity index (χ1n) is 9.74. The fourth-order valence-corrected chi connectivity index (χ4v) is 4.57. The van der Waals surface area contributed by atoms with Gasteiger partial charge in [-0.25, -0.2) is 4.98 Å². The van der Waals surface area contributed by atoms with Gasteiger partial charge in [0.05, 0.1) is 0 Å². The fraction of sp³-hybridized carbons (Fsp3) is 0.400. The van der Waals surface area contributed by atoms with E-state index in [-0.39, 0.29) is 17.4 Å². The van der Waals surface area contributed by atoms with Gasteiger partial charge in [-0.2, -0.15) is 4.52 Å². The highest BCUT2D eigenvalue weighted by Crippen LogP contribution is 2.27. The third-order valence-corrected chi connectivity index (χ3v) is 6.26. The summed E-state index contributed by atoms with van der Waals surface area (Å²) in [5, 5.41) is 8.83. The van der Waals surface area contributed by atoms with Gasteiger partial charge in [-0.1, -0.05) is 36.3 Å². The van der Waals surface area contributed by atoms with Crippen LogP contribution in [0.15, 0.2) is 35.1 Å². The minimum Gasteiger partial charge on any atom is -0.347 e. The number of nitrogens with zero attached hydrogens (tertiary/aromatic N) is 4. The number of nitrogens with one attached hydrogen (secondary N) is 1. The highest BCUT2D eigenvalue weighted by molar-refractivity contribution is 7.20. The van der Waals surface area contributed by atoms with Crippen LogP contribution in [0.1, 0.15) is 31.9 Å². The third kappa shape index (κ3) is 4.43. The Morgan fingerprint density at radius 3 is 2.69 bits per heavy atom. The Balaban J connectivity index is 1.41. The third-order valence-electron chi connectivity index (χ3n) is 5.04. The van der Waals surface area contributed by atoms with Crippen LogP contribution >= 0.6 is 22.9 Å². The molecule has 0 atom stereocenters. The van der Waals surface area contributed by atoms with Crippen molar-refractivity contribution in [2.75, 3.05) is 23.3 Å². The van der Waals surface area contributed by atoms with Crippen LogP contribution in [0, 0.1) is 5.92 Å². The molecule has 0 bridgehead atoms. The van der Waals surface area contributed by atoms with Gasteiger partial charge in [0.25, 0.3) is 5.56 Å². The van der Waals surface area contributed by atoms with Crippen molar-refractivity contribution in [1.82, 2.24) is 14.6 Å². The Morgan fingerprint density at radius 2 is 2.00 bits per heavy atom. The van der Waals surface area contributed by atoms with E-state index in [1.165, 1.54) is 15.9 Å². The molecule has 3 heterocycles. The lowest BCUT2D eigenvalue weighted by Crippen LogP contribution is -2.38. The summed E-state index contributed by atoms with van der Waals surface area (Å²) < 4.78 is 1.37. The molecule has 7 nitrogen and oxygen atoms in total. The molecule has 4 rings (SSSR count). The van der Waals surface area contributed by atoms with Crippen molar-refractivity contribution < 1.29 is 4.79 Å². The summed E-state index contributed by atoms with van der Waals surface area (Å²) in [6.45, 7) is 3.50. The number of hydrogen-bond acceptors (Lipinski definition) is 6. The number of anilines is 2. The van der Waals surface area contributed by atoms with Crippen LogP contribution in [0.5, 0.6) is 0 Å². The maximum absolute atomic E-state index is 12.5. The molecule has 0 unspecified atom stereocenters. The molecule has 1 amide bonds. The number of piperidine rings is 1.